The summed E-state index contributed by atoms with van der Waals surface area (Å²) in [5.74, 6) is 0.430. The van der Waals surface area contributed by atoms with Gasteiger partial charge in [0.05, 0.1) is 33.3 Å². The highest BCUT2D eigenvalue weighted by atomic mass is 15.2. The number of hydrogen-bond donors (Lipinski definition) is 1. The van der Waals surface area contributed by atoms with E-state index in [2.05, 4.69) is 202 Å². The van der Waals surface area contributed by atoms with Gasteiger partial charge in [-0.3, -0.25) is 10.3 Å². The number of fused-ring (bicyclic) bond motifs is 7. The molecule has 0 radical (unpaired) electrons. The molecule has 0 aliphatic carbocycles. The number of para-hydroxylation sites is 3. The van der Waals surface area contributed by atoms with Crippen LogP contribution < -0.4 is 4.90 Å². The maximum absolute atomic E-state index is 9.71. The number of aromatic nitrogens is 3. The van der Waals surface area contributed by atoms with Crippen LogP contribution in [0.15, 0.2) is 212 Å². The van der Waals surface area contributed by atoms with Crippen molar-refractivity contribution in [2.45, 2.75) is 20.3 Å². The normalized spacial score (nSPS) is 12.2. The molecule has 292 valence electrons. The van der Waals surface area contributed by atoms with Gasteiger partial charge in [-0.05, 0) is 109 Å². The Balaban J connectivity index is 1.17. The molecule has 0 atom stereocenters. The van der Waals surface area contributed by atoms with Gasteiger partial charge in [-0.15, -0.1) is 0 Å². The Hall–Kier alpha value is -7.89. The van der Waals surface area contributed by atoms with Crippen molar-refractivity contribution in [1.29, 1.82) is 5.41 Å². The number of amidine groups is 1. The molecule has 0 saturated carbocycles. The number of nitrogens with zero attached hydrogens (tertiary/aromatic N) is 4. The summed E-state index contributed by atoms with van der Waals surface area (Å²) in [6.07, 6.45) is 3.04. The molecule has 0 amide bonds. The summed E-state index contributed by atoms with van der Waals surface area (Å²) in [5, 5.41) is 15.7. The predicted octanol–water partition coefficient (Wildman–Crippen LogP) is 14.5. The fourth-order valence-electron chi connectivity index (χ4n) is 9.23. The second-order valence-corrected chi connectivity index (χ2v) is 15.8. The van der Waals surface area contributed by atoms with Crippen molar-refractivity contribution in [1.82, 2.24) is 13.7 Å². The molecule has 0 unspecified atom stereocenters. The molecule has 11 aromatic rings. The molecule has 11 rings (SSSR count). The minimum absolute atomic E-state index is 0.430. The van der Waals surface area contributed by atoms with Crippen molar-refractivity contribution in [3.63, 3.8) is 0 Å². The lowest BCUT2D eigenvalue weighted by Gasteiger charge is -2.30. The van der Waals surface area contributed by atoms with Crippen molar-refractivity contribution in [3.8, 4) is 17.1 Å². The molecule has 0 fully saturated rings. The highest BCUT2D eigenvalue weighted by Crippen LogP contribution is 2.42. The van der Waals surface area contributed by atoms with Gasteiger partial charge in [-0.2, -0.15) is 0 Å². The van der Waals surface area contributed by atoms with E-state index in [-0.39, 0.29) is 0 Å². The van der Waals surface area contributed by atoms with Crippen LogP contribution in [0.5, 0.6) is 0 Å². The third kappa shape index (κ3) is 5.96. The van der Waals surface area contributed by atoms with Crippen LogP contribution in [0.4, 0.5) is 5.69 Å². The summed E-state index contributed by atoms with van der Waals surface area (Å²) in [5.41, 5.74) is 14.3. The molecule has 0 aliphatic heterocycles. The monoisotopic (exact) mass is 785 g/mol. The van der Waals surface area contributed by atoms with Gasteiger partial charge >= 0.3 is 0 Å². The summed E-state index contributed by atoms with van der Waals surface area (Å²) in [4.78, 5) is 2.12. The second kappa shape index (κ2) is 14.7. The van der Waals surface area contributed by atoms with E-state index >= 15 is 0 Å². The Morgan fingerprint density at radius 1 is 0.459 bits per heavy atom. The topological polar surface area (TPSA) is 41.9 Å². The van der Waals surface area contributed by atoms with Crippen molar-refractivity contribution >= 4 is 71.7 Å². The van der Waals surface area contributed by atoms with E-state index in [1.807, 2.05) is 36.4 Å². The van der Waals surface area contributed by atoms with Crippen LogP contribution in [0.1, 0.15) is 31.4 Å². The fraction of sp³-hybridized carbons (Fsp3) is 0.0536. The summed E-state index contributed by atoms with van der Waals surface area (Å²) in [6, 6.07) is 71.1. The largest absolute Gasteiger partial charge is 0.317 e. The van der Waals surface area contributed by atoms with Crippen LogP contribution in [-0.4, -0.2) is 19.5 Å². The molecule has 3 heterocycles. The van der Waals surface area contributed by atoms with Gasteiger partial charge in [0, 0.05) is 61.4 Å². The van der Waals surface area contributed by atoms with Crippen LogP contribution in [-0.2, 0) is 0 Å². The van der Waals surface area contributed by atoms with E-state index in [1.165, 1.54) is 49.1 Å². The van der Waals surface area contributed by atoms with E-state index in [4.69, 9.17) is 0 Å². The van der Waals surface area contributed by atoms with Gasteiger partial charge in [-0.1, -0.05) is 122 Å². The Morgan fingerprint density at radius 3 is 1.59 bits per heavy atom. The predicted molar refractivity (Wildman–Crippen MR) is 257 cm³/mol. The zero-order valence-electron chi connectivity index (χ0n) is 34.1. The SMILES string of the molecule is CC/C(C)=C(/c1ccccc1)N(C(=N)c1ccccc1)c1ccc(-n2c3cc4ccn(-c5ccccc5)c4cc3c3cc4c(cc32)c2ccccc2n4-c2ccccc2)cc1. The van der Waals surface area contributed by atoms with Crippen LogP contribution in [0, 0.1) is 5.41 Å². The van der Waals surface area contributed by atoms with Crippen LogP contribution >= 0.6 is 0 Å². The lowest BCUT2D eigenvalue weighted by Crippen LogP contribution is -2.30. The van der Waals surface area contributed by atoms with Gasteiger partial charge < -0.3 is 13.7 Å². The number of hydrogen-bond acceptors (Lipinski definition) is 1. The smallest absolute Gasteiger partial charge is 0.137 e. The van der Waals surface area contributed by atoms with E-state index < -0.39 is 0 Å². The molecule has 0 bridgehead atoms. The standard InChI is InChI=1S/C56H43N5/c1-3-38(2)55(39-18-8-4-9-19-39)61(56(57)40-20-10-5-11-21-40)45-30-28-44(29-31-45)60-52-34-41-32-33-58(42-22-12-6-13-23-42)51(41)35-48(52)49-37-53-47(36-54(49)60)46-26-16-17-27-50(46)59(53)43-24-14-7-15-25-43/h4-37,57H,3H2,1-2H3/b55-38-,57-56?. The van der Waals surface area contributed by atoms with Crippen molar-refractivity contribution in [2.24, 2.45) is 0 Å². The number of rotatable bonds is 8. The second-order valence-electron chi connectivity index (χ2n) is 15.8. The molecule has 61 heavy (non-hydrogen) atoms. The Kier molecular flexibility index (Phi) is 8.75. The molecule has 0 saturated heterocycles. The highest BCUT2D eigenvalue weighted by Gasteiger charge is 2.24. The first-order valence-electron chi connectivity index (χ1n) is 21.0. The molecule has 8 aromatic carbocycles. The van der Waals surface area contributed by atoms with Gasteiger partial charge in [0.2, 0.25) is 0 Å². The fourth-order valence-corrected chi connectivity index (χ4v) is 9.23. The maximum atomic E-state index is 9.71. The lowest BCUT2D eigenvalue weighted by molar-refractivity contribution is 1.08. The summed E-state index contributed by atoms with van der Waals surface area (Å²) in [7, 11) is 0. The first-order chi connectivity index (χ1) is 30.1. The van der Waals surface area contributed by atoms with Gasteiger partial charge in [0.15, 0.2) is 0 Å². The number of nitrogens with one attached hydrogen (secondary N) is 1. The van der Waals surface area contributed by atoms with Crippen molar-refractivity contribution in [2.75, 3.05) is 4.90 Å². The molecule has 1 N–H and O–H groups in total. The molecular weight excluding hydrogens is 743 g/mol. The van der Waals surface area contributed by atoms with Crippen molar-refractivity contribution < 1.29 is 0 Å². The van der Waals surface area contributed by atoms with Gasteiger partial charge in [-0.25, -0.2) is 0 Å². The van der Waals surface area contributed by atoms with E-state index in [0.717, 1.165) is 57.0 Å². The zero-order valence-corrected chi connectivity index (χ0v) is 34.1. The summed E-state index contributed by atoms with van der Waals surface area (Å²) in [6.45, 7) is 4.37. The zero-order chi connectivity index (χ0) is 41.0. The minimum Gasteiger partial charge on any atom is -0.317 e. The van der Waals surface area contributed by atoms with Crippen molar-refractivity contribution in [3.05, 3.63) is 223 Å². The molecule has 5 heteroatoms. The van der Waals surface area contributed by atoms with Crippen LogP contribution in [0.25, 0.3) is 77.3 Å². The van der Waals surface area contributed by atoms with Crippen LogP contribution in [0.3, 0.4) is 0 Å². The number of benzene rings is 8. The number of anilines is 1. The Morgan fingerprint density at radius 2 is 0.951 bits per heavy atom. The summed E-state index contributed by atoms with van der Waals surface area (Å²) < 4.78 is 7.12. The Labute approximate surface area is 354 Å². The third-order valence-electron chi connectivity index (χ3n) is 12.3. The van der Waals surface area contributed by atoms with Gasteiger partial charge in [0.1, 0.15) is 5.84 Å². The average molecular weight is 786 g/mol. The molecular formula is C56H43N5. The maximum Gasteiger partial charge on any atom is 0.137 e. The molecule has 3 aromatic heterocycles. The quantitative estimate of drug-likeness (QED) is 0.121. The van der Waals surface area contributed by atoms with E-state index in [0.29, 0.717) is 5.84 Å². The average Bonchev–Trinajstić information content (AvgIpc) is 3.99. The van der Waals surface area contributed by atoms with E-state index in [9.17, 15) is 5.41 Å². The van der Waals surface area contributed by atoms with E-state index in [1.54, 1.807) is 0 Å². The lowest BCUT2D eigenvalue weighted by atomic mass is 10.0. The molecule has 0 spiro atoms. The molecule has 0 aliphatic rings. The number of allylic oxidation sites excluding steroid dienone is 1. The first-order valence-corrected chi connectivity index (χ1v) is 21.0. The van der Waals surface area contributed by atoms with Gasteiger partial charge in [0.25, 0.3) is 0 Å². The minimum atomic E-state index is 0.430. The Bertz CT molecular complexity index is 3440. The van der Waals surface area contributed by atoms with Crippen LogP contribution in [0.2, 0.25) is 0 Å². The highest BCUT2D eigenvalue weighted by molar-refractivity contribution is 6.21. The first kappa shape index (κ1) is 36.2. The summed E-state index contributed by atoms with van der Waals surface area (Å²) >= 11 is 0. The molecule has 5 nitrogen and oxygen atoms in total. The third-order valence-corrected chi connectivity index (χ3v) is 12.3.